The van der Waals surface area contributed by atoms with Gasteiger partial charge in [0, 0.05) is 5.88 Å². The van der Waals surface area contributed by atoms with Gasteiger partial charge in [-0.2, -0.15) is 0 Å². The molecule has 15 heavy (non-hydrogen) atoms. The molecule has 0 aliphatic rings. The predicted octanol–water partition coefficient (Wildman–Crippen LogP) is 2.72. The molecule has 0 spiro atoms. The predicted molar refractivity (Wildman–Crippen MR) is 59.8 cm³/mol. The second-order valence-corrected chi connectivity index (χ2v) is 4.50. The third-order valence-corrected chi connectivity index (χ3v) is 2.93. The molecule has 0 radical (unpaired) electrons. The van der Waals surface area contributed by atoms with Crippen LogP contribution in [-0.2, 0) is 4.79 Å². The number of nitrogens with one attached hydrogen (secondary N) is 1. The van der Waals surface area contributed by atoms with Crippen LogP contribution in [0.15, 0.2) is 22.8 Å². The summed E-state index contributed by atoms with van der Waals surface area (Å²) in [7, 11) is 0. The summed E-state index contributed by atoms with van der Waals surface area (Å²) in [5, 5.41) is 2.86. The molecule has 1 aromatic rings. The van der Waals surface area contributed by atoms with Crippen molar-refractivity contribution in [1.82, 2.24) is 5.32 Å². The lowest BCUT2D eigenvalue weighted by Gasteiger charge is -2.22. The number of alkyl halides is 1. The minimum Gasteiger partial charge on any atom is -0.467 e. The first-order chi connectivity index (χ1) is 6.97. The molecule has 3 nitrogen and oxygen atoms in total. The van der Waals surface area contributed by atoms with Crippen LogP contribution >= 0.6 is 11.6 Å². The monoisotopic (exact) mass is 229 g/mol. The van der Waals surface area contributed by atoms with E-state index in [-0.39, 0.29) is 11.9 Å². The van der Waals surface area contributed by atoms with E-state index in [4.69, 9.17) is 16.0 Å². The van der Waals surface area contributed by atoms with Gasteiger partial charge in [0.05, 0.1) is 17.7 Å². The highest BCUT2D eigenvalue weighted by Gasteiger charge is 2.28. The lowest BCUT2D eigenvalue weighted by Crippen LogP contribution is -2.39. The summed E-state index contributed by atoms with van der Waals surface area (Å²) in [4.78, 5) is 11.8. The van der Waals surface area contributed by atoms with Crippen molar-refractivity contribution in [2.24, 2.45) is 5.41 Å². The van der Waals surface area contributed by atoms with Crippen molar-refractivity contribution in [1.29, 1.82) is 0 Å². The van der Waals surface area contributed by atoms with Gasteiger partial charge in [0.2, 0.25) is 5.91 Å². The van der Waals surface area contributed by atoms with E-state index >= 15 is 0 Å². The fraction of sp³-hybridized carbons (Fsp3) is 0.545. The third kappa shape index (κ3) is 2.99. The molecule has 0 fully saturated rings. The van der Waals surface area contributed by atoms with Crippen molar-refractivity contribution in [3.63, 3.8) is 0 Å². The molecule has 1 amide bonds. The van der Waals surface area contributed by atoms with Crippen molar-refractivity contribution >= 4 is 17.5 Å². The van der Waals surface area contributed by atoms with E-state index in [2.05, 4.69) is 5.32 Å². The van der Waals surface area contributed by atoms with E-state index in [1.807, 2.05) is 26.8 Å². The van der Waals surface area contributed by atoms with Gasteiger partial charge < -0.3 is 9.73 Å². The Morgan fingerprint density at radius 2 is 2.33 bits per heavy atom. The Morgan fingerprint density at radius 1 is 1.67 bits per heavy atom. The molecule has 1 rings (SSSR count). The molecule has 84 valence electrons. The molecule has 1 atom stereocenters. The molecular weight excluding hydrogens is 214 g/mol. The van der Waals surface area contributed by atoms with Crippen molar-refractivity contribution in [3.05, 3.63) is 24.2 Å². The van der Waals surface area contributed by atoms with Gasteiger partial charge in [-0.25, -0.2) is 0 Å². The molecule has 0 saturated heterocycles. The summed E-state index contributed by atoms with van der Waals surface area (Å²) in [6.07, 6.45) is 1.59. The smallest absolute Gasteiger partial charge is 0.227 e. The summed E-state index contributed by atoms with van der Waals surface area (Å²) in [6.45, 7) is 5.50. The van der Waals surface area contributed by atoms with E-state index in [0.717, 1.165) is 5.76 Å². The standard InChI is InChI=1S/C11H16ClNO2/c1-8(9-5-4-6-15-9)13-10(14)11(2,3)7-12/h4-6,8H,7H2,1-3H3,(H,13,14)/t8-/m0/s1. The van der Waals surface area contributed by atoms with Crippen molar-refractivity contribution in [2.45, 2.75) is 26.8 Å². The van der Waals surface area contributed by atoms with Crippen LogP contribution < -0.4 is 5.32 Å². The number of hydrogen-bond donors (Lipinski definition) is 1. The molecule has 1 aromatic heterocycles. The zero-order valence-corrected chi connectivity index (χ0v) is 9.97. The number of carbonyl (C=O) groups excluding carboxylic acids is 1. The Hall–Kier alpha value is -0.960. The van der Waals surface area contributed by atoms with Crippen molar-refractivity contribution in [2.75, 3.05) is 5.88 Å². The highest BCUT2D eigenvalue weighted by Crippen LogP contribution is 2.20. The van der Waals surface area contributed by atoms with Crippen LogP contribution in [-0.4, -0.2) is 11.8 Å². The fourth-order valence-corrected chi connectivity index (χ4v) is 1.18. The molecule has 1 N–H and O–H groups in total. The molecular formula is C11H16ClNO2. The van der Waals surface area contributed by atoms with Gasteiger partial charge in [-0.3, -0.25) is 4.79 Å². The number of carbonyl (C=O) groups is 1. The van der Waals surface area contributed by atoms with E-state index in [9.17, 15) is 4.79 Å². The van der Waals surface area contributed by atoms with Crippen molar-refractivity contribution in [3.8, 4) is 0 Å². The van der Waals surface area contributed by atoms with Gasteiger partial charge in [0.15, 0.2) is 0 Å². The minimum absolute atomic E-state index is 0.0681. The Morgan fingerprint density at radius 3 is 2.80 bits per heavy atom. The SMILES string of the molecule is C[C@H](NC(=O)C(C)(C)CCl)c1ccco1. The van der Waals surface area contributed by atoms with E-state index in [1.54, 1.807) is 12.3 Å². The maximum Gasteiger partial charge on any atom is 0.227 e. The molecule has 0 unspecified atom stereocenters. The van der Waals surface area contributed by atoms with E-state index in [0.29, 0.717) is 5.88 Å². The Labute approximate surface area is 94.8 Å². The zero-order valence-electron chi connectivity index (χ0n) is 9.21. The molecule has 0 aliphatic heterocycles. The first-order valence-corrected chi connectivity index (χ1v) is 5.41. The highest BCUT2D eigenvalue weighted by molar-refractivity contribution is 6.19. The lowest BCUT2D eigenvalue weighted by molar-refractivity contribution is -0.129. The van der Waals surface area contributed by atoms with E-state index in [1.165, 1.54) is 0 Å². The van der Waals surface area contributed by atoms with Gasteiger partial charge >= 0.3 is 0 Å². The summed E-state index contributed by atoms with van der Waals surface area (Å²) in [5.41, 5.74) is -0.553. The number of rotatable bonds is 4. The first kappa shape index (κ1) is 12.1. The summed E-state index contributed by atoms with van der Waals surface area (Å²) in [6, 6.07) is 3.50. The topological polar surface area (TPSA) is 42.2 Å². The van der Waals surface area contributed by atoms with Gasteiger partial charge in [-0.05, 0) is 32.9 Å². The Bertz CT molecular complexity index is 319. The molecule has 0 bridgehead atoms. The molecule has 4 heteroatoms. The van der Waals surface area contributed by atoms with Crippen LogP contribution in [0.1, 0.15) is 32.6 Å². The van der Waals surface area contributed by atoms with Crippen LogP contribution in [0, 0.1) is 5.41 Å². The second kappa shape index (κ2) is 4.71. The lowest BCUT2D eigenvalue weighted by atomic mass is 9.95. The zero-order chi connectivity index (χ0) is 11.5. The van der Waals surface area contributed by atoms with Gasteiger partial charge in [0.1, 0.15) is 5.76 Å². The molecule has 1 heterocycles. The number of halogens is 1. The maximum absolute atomic E-state index is 11.8. The number of amides is 1. The number of hydrogen-bond acceptors (Lipinski definition) is 2. The Balaban J connectivity index is 2.60. The van der Waals surface area contributed by atoms with Crippen LogP contribution in [0.25, 0.3) is 0 Å². The van der Waals surface area contributed by atoms with Crippen LogP contribution in [0.4, 0.5) is 0 Å². The van der Waals surface area contributed by atoms with Crippen LogP contribution in [0.3, 0.4) is 0 Å². The summed E-state index contributed by atoms with van der Waals surface area (Å²) >= 11 is 5.71. The fourth-order valence-electron chi connectivity index (χ4n) is 1.06. The average molecular weight is 230 g/mol. The largest absolute Gasteiger partial charge is 0.467 e. The van der Waals surface area contributed by atoms with E-state index < -0.39 is 5.41 Å². The minimum atomic E-state index is -0.553. The van der Waals surface area contributed by atoms with Gasteiger partial charge in [-0.1, -0.05) is 0 Å². The van der Waals surface area contributed by atoms with Crippen LogP contribution in [0.2, 0.25) is 0 Å². The summed E-state index contributed by atoms with van der Waals surface area (Å²) in [5.74, 6) is 0.971. The van der Waals surface area contributed by atoms with Gasteiger partial charge in [-0.15, -0.1) is 11.6 Å². The molecule has 0 saturated carbocycles. The third-order valence-electron chi connectivity index (χ3n) is 2.27. The van der Waals surface area contributed by atoms with Gasteiger partial charge in [0.25, 0.3) is 0 Å². The molecule has 0 aromatic carbocycles. The average Bonchev–Trinajstić information content (AvgIpc) is 2.70. The summed E-state index contributed by atoms with van der Waals surface area (Å²) < 4.78 is 5.19. The highest BCUT2D eigenvalue weighted by atomic mass is 35.5. The van der Waals surface area contributed by atoms with Crippen LogP contribution in [0.5, 0.6) is 0 Å². The van der Waals surface area contributed by atoms with Crippen molar-refractivity contribution < 1.29 is 9.21 Å². The normalized spacial score (nSPS) is 13.6. The number of furan rings is 1. The second-order valence-electron chi connectivity index (χ2n) is 4.23. The quantitative estimate of drug-likeness (QED) is 0.807. The Kier molecular flexibility index (Phi) is 3.80. The first-order valence-electron chi connectivity index (χ1n) is 4.87. The molecule has 0 aliphatic carbocycles. The maximum atomic E-state index is 11.8.